The van der Waals surface area contributed by atoms with E-state index in [9.17, 15) is 9.59 Å². The molecule has 30 heavy (non-hydrogen) atoms. The number of ether oxygens (including phenoxy) is 3. The molecule has 6 nitrogen and oxygen atoms in total. The van der Waals surface area contributed by atoms with Gasteiger partial charge in [-0.2, -0.15) is 0 Å². The second-order valence-electron chi connectivity index (χ2n) is 7.22. The molecular weight excluding hydrogens is 384 g/mol. The van der Waals surface area contributed by atoms with Crippen molar-refractivity contribution in [2.24, 2.45) is 0 Å². The van der Waals surface area contributed by atoms with Gasteiger partial charge in [-0.15, -0.1) is 0 Å². The lowest BCUT2D eigenvalue weighted by atomic mass is 9.91. The van der Waals surface area contributed by atoms with Crippen molar-refractivity contribution in [3.05, 3.63) is 64.2 Å². The average molecular weight is 412 g/mol. The Balaban J connectivity index is 2.56. The summed E-state index contributed by atoms with van der Waals surface area (Å²) in [7, 11) is 2.80. The van der Waals surface area contributed by atoms with Crippen molar-refractivity contribution in [3.8, 4) is 11.5 Å². The molecule has 160 valence electrons. The Bertz CT molecular complexity index is 928. The van der Waals surface area contributed by atoms with Crippen molar-refractivity contribution in [3.63, 3.8) is 0 Å². The zero-order valence-electron chi connectivity index (χ0n) is 18.0. The number of carbonyl (C=O) groups excluding carboxylic acids is 1. The molecule has 6 heteroatoms. The number of methoxy groups -OCH3 is 2. The van der Waals surface area contributed by atoms with Crippen LogP contribution < -0.4 is 9.47 Å². The van der Waals surface area contributed by atoms with Crippen LogP contribution in [0.1, 0.15) is 48.4 Å². The molecule has 2 aromatic carbocycles. The van der Waals surface area contributed by atoms with Crippen LogP contribution in [0.4, 0.5) is 0 Å². The van der Waals surface area contributed by atoms with E-state index in [0.717, 1.165) is 16.7 Å². The summed E-state index contributed by atoms with van der Waals surface area (Å²) in [6.45, 7) is 6.28. The van der Waals surface area contributed by atoms with Crippen molar-refractivity contribution >= 4 is 18.0 Å². The van der Waals surface area contributed by atoms with E-state index >= 15 is 0 Å². The summed E-state index contributed by atoms with van der Waals surface area (Å²) in [5.74, 6) is -0.543. The maximum atomic E-state index is 12.1. The molecule has 0 aliphatic rings. The van der Waals surface area contributed by atoms with Crippen molar-refractivity contribution in [2.75, 3.05) is 14.2 Å². The molecule has 0 aromatic heterocycles. The largest absolute Gasteiger partial charge is 0.493 e. The van der Waals surface area contributed by atoms with E-state index in [0.29, 0.717) is 23.7 Å². The highest BCUT2D eigenvalue weighted by Crippen LogP contribution is 2.42. The molecule has 0 amide bonds. The number of benzene rings is 2. The molecule has 0 radical (unpaired) electrons. The van der Waals surface area contributed by atoms with Gasteiger partial charge in [-0.1, -0.05) is 44.2 Å². The summed E-state index contributed by atoms with van der Waals surface area (Å²) in [4.78, 5) is 23.3. The third-order valence-electron chi connectivity index (χ3n) is 4.62. The highest BCUT2D eigenvalue weighted by molar-refractivity contribution is 5.98. The van der Waals surface area contributed by atoms with Gasteiger partial charge in [-0.25, -0.2) is 4.79 Å². The first-order valence-electron chi connectivity index (χ1n) is 9.67. The fourth-order valence-corrected chi connectivity index (χ4v) is 3.30. The normalized spacial score (nSPS) is 11.3. The predicted molar refractivity (Wildman–Crippen MR) is 115 cm³/mol. The van der Waals surface area contributed by atoms with E-state index in [2.05, 4.69) is 0 Å². The number of carboxylic acids is 1. The first-order chi connectivity index (χ1) is 14.3. The number of carbonyl (C=O) groups is 2. The quantitative estimate of drug-likeness (QED) is 0.473. The first-order valence-corrected chi connectivity index (χ1v) is 9.67. The van der Waals surface area contributed by atoms with Gasteiger partial charge in [0.2, 0.25) is 0 Å². The second-order valence-corrected chi connectivity index (χ2v) is 7.22. The van der Waals surface area contributed by atoms with Gasteiger partial charge >= 0.3 is 11.9 Å². The maximum Gasteiger partial charge on any atom is 0.334 e. The summed E-state index contributed by atoms with van der Waals surface area (Å²) in [6.07, 6.45) is 1.13. The smallest absolute Gasteiger partial charge is 0.334 e. The Morgan fingerprint density at radius 3 is 2.30 bits per heavy atom. The lowest BCUT2D eigenvalue weighted by molar-refractivity contribution is -0.141. The Hall–Kier alpha value is -3.28. The molecule has 0 aliphatic heterocycles. The standard InChI is InChI=1S/C24H28O6/c1-15(2)21-18(12-19(13-20(25)26)24(27)29-5)11-16(3)22(23(21)28-4)30-14-17-9-7-6-8-10-17/h6-12,15H,13-14H2,1-5H3,(H,25,26)/b19-12+. The Labute approximate surface area is 177 Å². The van der Waals surface area contributed by atoms with Crippen molar-refractivity contribution < 1.29 is 28.9 Å². The lowest BCUT2D eigenvalue weighted by Crippen LogP contribution is -2.10. The SMILES string of the molecule is COC(=O)/C(=C/c1cc(C)c(OCc2ccccc2)c(OC)c1C(C)C)CC(=O)O. The van der Waals surface area contributed by atoms with E-state index in [4.69, 9.17) is 19.3 Å². The van der Waals surface area contributed by atoms with Gasteiger partial charge in [-0.3, -0.25) is 4.79 Å². The highest BCUT2D eigenvalue weighted by Gasteiger charge is 2.22. The van der Waals surface area contributed by atoms with Crippen LogP contribution in [0.5, 0.6) is 11.5 Å². The monoisotopic (exact) mass is 412 g/mol. The van der Waals surface area contributed by atoms with Gasteiger partial charge in [-0.05, 0) is 41.7 Å². The maximum absolute atomic E-state index is 12.1. The molecule has 0 heterocycles. The molecule has 0 bridgehead atoms. The van der Waals surface area contributed by atoms with Gasteiger partial charge in [0, 0.05) is 11.1 Å². The van der Waals surface area contributed by atoms with Gasteiger partial charge in [0.1, 0.15) is 6.61 Å². The number of aliphatic carboxylic acids is 1. The van der Waals surface area contributed by atoms with Crippen LogP contribution in [0.2, 0.25) is 0 Å². The number of aryl methyl sites for hydroxylation is 1. The average Bonchev–Trinajstić information content (AvgIpc) is 2.71. The molecule has 0 atom stereocenters. The topological polar surface area (TPSA) is 82.1 Å². The fourth-order valence-electron chi connectivity index (χ4n) is 3.30. The van der Waals surface area contributed by atoms with E-state index < -0.39 is 18.4 Å². The van der Waals surface area contributed by atoms with Crippen molar-refractivity contribution in [1.82, 2.24) is 0 Å². The minimum atomic E-state index is -1.11. The zero-order chi connectivity index (χ0) is 22.3. The Morgan fingerprint density at radius 1 is 1.10 bits per heavy atom. The van der Waals surface area contributed by atoms with Crippen LogP contribution >= 0.6 is 0 Å². The second kappa shape index (κ2) is 10.5. The summed E-state index contributed by atoms with van der Waals surface area (Å²) in [6, 6.07) is 11.7. The van der Waals surface area contributed by atoms with Crippen LogP contribution in [0, 0.1) is 6.92 Å². The summed E-state index contributed by atoms with van der Waals surface area (Å²) in [5, 5.41) is 9.17. The van der Waals surface area contributed by atoms with Crippen LogP contribution in [0.3, 0.4) is 0 Å². The molecule has 0 saturated carbocycles. The summed E-state index contributed by atoms with van der Waals surface area (Å²) >= 11 is 0. The van der Waals surface area contributed by atoms with Crippen LogP contribution in [-0.4, -0.2) is 31.3 Å². The zero-order valence-corrected chi connectivity index (χ0v) is 18.0. The molecule has 1 N–H and O–H groups in total. The lowest BCUT2D eigenvalue weighted by Gasteiger charge is -2.21. The first kappa shape index (κ1) is 23.0. The van der Waals surface area contributed by atoms with Gasteiger partial charge < -0.3 is 19.3 Å². The van der Waals surface area contributed by atoms with E-state index in [1.165, 1.54) is 7.11 Å². The van der Waals surface area contributed by atoms with Crippen molar-refractivity contribution in [1.29, 1.82) is 0 Å². The van der Waals surface area contributed by atoms with Gasteiger partial charge in [0.25, 0.3) is 0 Å². The van der Waals surface area contributed by atoms with E-state index in [-0.39, 0.29) is 11.5 Å². The van der Waals surface area contributed by atoms with Crippen LogP contribution in [0.25, 0.3) is 6.08 Å². The summed E-state index contributed by atoms with van der Waals surface area (Å²) < 4.78 is 16.6. The number of hydrogen-bond donors (Lipinski definition) is 1. The molecule has 0 spiro atoms. The van der Waals surface area contributed by atoms with Gasteiger partial charge in [0.15, 0.2) is 11.5 Å². The molecule has 0 fully saturated rings. The fraction of sp³-hybridized carbons (Fsp3) is 0.333. The van der Waals surface area contributed by atoms with Crippen LogP contribution in [0.15, 0.2) is 42.0 Å². The third kappa shape index (κ3) is 5.63. The molecule has 0 aliphatic carbocycles. The van der Waals surface area contributed by atoms with Crippen LogP contribution in [-0.2, 0) is 20.9 Å². The predicted octanol–water partition coefficient (Wildman–Crippen LogP) is 4.74. The van der Waals surface area contributed by atoms with Crippen molar-refractivity contribution in [2.45, 2.75) is 39.7 Å². The number of hydrogen-bond acceptors (Lipinski definition) is 5. The van der Waals surface area contributed by atoms with E-state index in [1.54, 1.807) is 13.2 Å². The Morgan fingerprint density at radius 2 is 1.77 bits per heavy atom. The molecular formula is C24H28O6. The minimum Gasteiger partial charge on any atom is -0.493 e. The Kier molecular flexibility index (Phi) is 8.04. The number of carboxylic acid groups (broad SMARTS) is 1. The molecule has 2 aromatic rings. The molecule has 2 rings (SSSR count). The minimum absolute atomic E-state index is 0.0367. The number of rotatable bonds is 9. The molecule has 0 saturated heterocycles. The van der Waals surface area contributed by atoms with E-state index in [1.807, 2.05) is 57.2 Å². The summed E-state index contributed by atoms with van der Waals surface area (Å²) in [5.41, 5.74) is 3.44. The van der Waals surface area contributed by atoms with Gasteiger partial charge in [0.05, 0.1) is 20.6 Å². The number of esters is 1. The highest BCUT2D eigenvalue weighted by atomic mass is 16.5. The third-order valence-corrected chi connectivity index (χ3v) is 4.62. The molecule has 0 unspecified atom stereocenters.